The van der Waals surface area contributed by atoms with Crippen molar-refractivity contribution in [2.24, 2.45) is 17.3 Å². The molecule has 0 aromatic rings. The van der Waals surface area contributed by atoms with Crippen LogP contribution in [0.15, 0.2) is 35.8 Å². The van der Waals surface area contributed by atoms with Crippen molar-refractivity contribution < 1.29 is 20.1 Å². The first-order valence-electron chi connectivity index (χ1n) is 5.17. The standard InChI is InChI=1S/C12H14O4/c1-12(11(15)16)6-8-4-9(13)3-2-7(8)5-10(12)14/h2-5,7-8,13-14H,6H2,1H3,(H,15,16). The Morgan fingerprint density at radius 3 is 2.75 bits per heavy atom. The molecule has 0 spiro atoms. The fraction of sp³-hybridized carbons (Fsp3) is 0.417. The Hall–Kier alpha value is -1.71. The number of aliphatic carboxylic acids is 1. The van der Waals surface area contributed by atoms with Crippen molar-refractivity contribution in [1.82, 2.24) is 0 Å². The monoisotopic (exact) mass is 222 g/mol. The van der Waals surface area contributed by atoms with Crippen LogP contribution < -0.4 is 0 Å². The summed E-state index contributed by atoms with van der Waals surface area (Å²) in [6, 6.07) is 0. The third kappa shape index (κ3) is 1.50. The topological polar surface area (TPSA) is 77.8 Å². The molecule has 2 aliphatic rings. The van der Waals surface area contributed by atoms with Crippen molar-refractivity contribution >= 4 is 5.97 Å². The van der Waals surface area contributed by atoms with Gasteiger partial charge in [0.05, 0.1) is 0 Å². The number of carboxylic acids is 1. The van der Waals surface area contributed by atoms with Gasteiger partial charge in [-0.05, 0) is 37.5 Å². The second-order valence-corrected chi connectivity index (χ2v) is 4.59. The summed E-state index contributed by atoms with van der Waals surface area (Å²) < 4.78 is 0. The molecule has 0 amide bonds. The second kappa shape index (κ2) is 3.40. The molecule has 3 N–H and O–H groups in total. The van der Waals surface area contributed by atoms with Gasteiger partial charge in [-0.25, -0.2) is 0 Å². The average Bonchev–Trinajstić information content (AvgIpc) is 2.20. The van der Waals surface area contributed by atoms with Crippen LogP contribution in [0.2, 0.25) is 0 Å². The van der Waals surface area contributed by atoms with Crippen LogP contribution in [0.3, 0.4) is 0 Å². The van der Waals surface area contributed by atoms with E-state index in [1.165, 1.54) is 6.92 Å². The summed E-state index contributed by atoms with van der Waals surface area (Å²) in [5.41, 5.74) is -1.25. The Labute approximate surface area is 93.2 Å². The van der Waals surface area contributed by atoms with Gasteiger partial charge in [-0.3, -0.25) is 4.79 Å². The number of carbonyl (C=O) groups is 1. The van der Waals surface area contributed by atoms with Gasteiger partial charge in [0, 0.05) is 5.92 Å². The highest BCUT2D eigenvalue weighted by molar-refractivity contribution is 5.78. The number of aliphatic hydroxyl groups is 2. The molecule has 0 aromatic heterocycles. The maximum atomic E-state index is 11.1. The van der Waals surface area contributed by atoms with Gasteiger partial charge in [0.2, 0.25) is 0 Å². The van der Waals surface area contributed by atoms with E-state index < -0.39 is 11.4 Å². The molecule has 3 unspecified atom stereocenters. The van der Waals surface area contributed by atoms with Crippen LogP contribution in [0.25, 0.3) is 0 Å². The van der Waals surface area contributed by atoms with Crippen LogP contribution in [0.4, 0.5) is 0 Å². The summed E-state index contributed by atoms with van der Waals surface area (Å²) in [5.74, 6) is -1.07. The van der Waals surface area contributed by atoms with E-state index in [1.54, 1.807) is 24.3 Å². The average molecular weight is 222 g/mol. The predicted molar refractivity (Wildman–Crippen MR) is 57.9 cm³/mol. The van der Waals surface area contributed by atoms with Gasteiger partial charge in [-0.1, -0.05) is 6.08 Å². The molecule has 2 rings (SSSR count). The number of fused-ring (bicyclic) bond motifs is 1. The van der Waals surface area contributed by atoms with Crippen molar-refractivity contribution in [3.63, 3.8) is 0 Å². The van der Waals surface area contributed by atoms with Crippen molar-refractivity contribution in [3.05, 3.63) is 35.8 Å². The van der Waals surface area contributed by atoms with Gasteiger partial charge in [-0.2, -0.15) is 0 Å². The highest BCUT2D eigenvalue weighted by Crippen LogP contribution is 2.44. The number of hydrogen-bond donors (Lipinski definition) is 3. The van der Waals surface area contributed by atoms with E-state index in [4.69, 9.17) is 5.11 Å². The Morgan fingerprint density at radius 2 is 2.12 bits per heavy atom. The first-order valence-corrected chi connectivity index (χ1v) is 5.17. The van der Waals surface area contributed by atoms with Crippen LogP contribution in [-0.2, 0) is 4.79 Å². The Morgan fingerprint density at radius 1 is 1.44 bits per heavy atom. The number of allylic oxidation sites excluding steroid dienone is 4. The van der Waals surface area contributed by atoms with E-state index in [0.29, 0.717) is 6.42 Å². The van der Waals surface area contributed by atoms with E-state index in [-0.39, 0.29) is 23.4 Å². The van der Waals surface area contributed by atoms with E-state index in [2.05, 4.69) is 0 Å². The third-order valence-corrected chi connectivity index (χ3v) is 3.40. The summed E-state index contributed by atoms with van der Waals surface area (Å²) in [7, 11) is 0. The van der Waals surface area contributed by atoms with Gasteiger partial charge in [0.25, 0.3) is 0 Å². The van der Waals surface area contributed by atoms with Gasteiger partial charge in [-0.15, -0.1) is 0 Å². The van der Waals surface area contributed by atoms with E-state index in [9.17, 15) is 15.0 Å². The van der Waals surface area contributed by atoms with Crippen LogP contribution in [0.5, 0.6) is 0 Å². The van der Waals surface area contributed by atoms with E-state index >= 15 is 0 Å². The molecule has 86 valence electrons. The Bertz CT molecular complexity index is 419. The summed E-state index contributed by atoms with van der Waals surface area (Å²) in [6.45, 7) is 1.50. The molecule has 0 bridgehead atoms. The maximum Gasteiger partial charge on any atom is 0.317 e. The minimum Gasteiger partial charge on any atom is -0.511 e. The molecule has 0 saturated carbocycles. The number of rotatable bonds is 1. The van der Waals surface area contributed by atoms with Gasteiger partial charge in [0.1, 0.15) is 16.9 Å². The normalized spacial score (nSPS) is 37.3. The third-order valence-electron chi connectivity index (χ3n) is 3.40. The number of aliphatic hydroxyl groups excluding tert-OH is 2. The number of hydrogen-bond acceptors (Lipinski definition) is 3. The fourth-order valence-electron chi connectivity index (χ4n) is 2.25. The van der Waals surface area contributed by atoms with Gasteiger partial charge in [0.15, 0.2) is 0 Å². The molecule has 3 atom stereocenters. The van der Waals surface area contributed by atoms with Crippen LogP contribution >= 0.6 is 0 Å². The SMILES string of the molecule is CC1(C(=O)O)CC2C=C(O)C=CC2C=C1O. The molecular weight excluding hydrogens is 208 g/mol. The van der Waals surface area contributed by atoms with E-state index in [1.807, 2.05) is 0 Å². The molecule has 4 heteroatoms. The smallest absolute Gasteiger partial charge is 0.317 e. The minimum atomic E-state index is -1.25. The van der Waals surface area contributed by atoms with Gasteiger partial charge < -0.3 is 15.3 Å². The number of carboxylic acid groups (broad SMARTS) is 1. The lowest BCUT2D eigenvalue weighted by Crippen LogP contribution is -2.37. The molecule has 0 aliphatic heterocycles. The summed E-state index contributed by atoms with van der Waals surface area (Å²) in [4.78, 5) is 11.1. The highest BCUT2D eigenvalue weighted by Gasteiger charge is 2.44. The second-order valence-electron chi connectivity index (χ2n) is 4.59. The molecule has 2 aliphatic carbocycles. The Kier molecular flexibility index (Phi) is 2.30. The first-order chi connectivity index (χ1) is 7.43. The zero-order valence-electron chi connectivity index (χ0n) is 8.92. The summed E-state index contributed by atoms with van der Waals surface area (Å²) in [6.07, 6.45) is 6.84. The molecule has 0 aromatic carbocycles. The van der Waals surface area contributed by atoms with Crippen molar-refractivity contribution in [1.29, 1.82) is 0 Å². The molecule has 4 nitrogen and oxygen atoms in total. The molecule has 0 radical (unpaired) electrons. The summed E-state index contributed by atoms with van der Waals surface area (Å²) >= 11 is 0. The molecule has 0 fully saturated rings. The molecule has 16 heavy (non-hydrogen) atoms. The summed E-state index contributed by atoms with van der Waals surface area (Å²) in [5, 5.41) is 28.3. The fourth-order valence-corrected chi connectivity index (χ4v) is 2.25. The lowest BCUT2D eigenvalue weighted by molar-refractivity contribution is -0.148. The van der Waals surface area contributed by atoms with Crippen LogP contribution in [0.1, 0.15) is 13.3 Å². The lowest BCUT2D eigenvalue weighted by Gasteiger charge is -2.36. The quantitative estimate of drug-likeness (QED) is 0.635. The zero-order valence-corrected chi connectivity index (χ0v) is 8.92. The van der Waals surface area contributed by atoms with Gasteiger partial charge >= 0.3 is 5.97 Å². The highest BCUT2D eigenvalue weighted by atomic mass is 16.4. The molecule has 0 saturated heterocycles. The largest absolute Gasteiger partial charge is 0.511 e. The first kappa shape index (κ1) is 10.8. The Balaban J connectivity index is 2.38. The molecular formula is C12H14O4. The minimum absolute atomic E-state index is 0.0247. The predicted octanol–water partition coefficient (Wildman–Crippen LogP) is 2.17. The lowest BCUT2D eigenvalue weighted by atomic mass is 9.68. The van der Waals surface area contributed by atoms with E-state index in [0.717, 1.165) is 0 Å². The van der Waals surface area contributed by atoms with Crippen molar-refractivity contribution in [2.45, 2.75) is 13.3 Å². The van der Waals surface area contributed by atoms with Crippen LogP contribution in [0, 0.1) is 17.3 Å². The zero-order chi connectivity index (χ0) is 11.9. The van der Waals surface area contributed by atoms with Crippen LogP contribution in [-0.4, -0.2) is 21.3 Å². The molecule has 0 heterocycles. The maximum absolute atomic E-state index is 11.1. The van der Waals surface area contributed by atoms with Crippen molar-refractivity contribution in [2.75, 3.05) is 0 Å². The van der Waals surface area contributed by atoms with Crippen molar-refractivity contribution in [3.8, 4) is 0 Å².